The Labute approximate surface area is 83.4 Å². The zero-order valence-corrected chi connectivity index (χ0v) is 7.63. The molecule has 0 aliphatic rings. The highest BCUT2D eigenvalue weighted by molar-refractivity contribution is 5.85. The Morgan fingerprint density at radius 2 is 2.14 bits per heavy atom. The zero-order valence-electron chi connectivity index (χ0n) is 6.81. The molecule has 2 heterocycles. The summed E-state index contributed by atoms with van der Waals surface area (Å²) in [6, 6.07) is 2.92. The van der Waals surface area contributed by atoms with Gasteiger partial charge in [0.15, 0.2) is 5.82 Å². The molecule has 0 aromatic carbocycles. The SMILES string of the molecule is Cl.O=c1cc(-c2noc(=O)[nH]2)cc[nH]1. The van der Waals surface area contributed by atoms with E-state index in [4.69, 9.17) is 0 Å². The molecule has 0 radical (unpaired) electrons. The number of nitrogens with one attached hydrogen (secondary N) is 2. The van der Waals surface area contributed by atoms with Crippen LogP contribution >= 0.6 is 12.4 Å². The second kappa shape index (κ2) is 3.93. The van der Waals surface area contributed by atoms with Crippen LogP contribution in [0.4, 0.5) is 0 Å². The van der Waals surface area contributed by atoms with Gasteiger partial charge in [-0.15, -0.1) is 12.4 Å². The molecular weight excluding hydrogens is 210 g/mol. The molecule has 0 bridgehead atoms. The number of aromatic nitrogens is 3. The van der Waals surface area contributed by atoms with Crippen LogP contribution in [0.15, 0.2) is 32.4 Å². The van der Waals surface area contributed by atoms with Crippen LogP contribution in [-0.4, -0.2) is 15.1 Å². The molecule has 2 aromatic rings. The minimum atomic E-state index is -0.643. The summed E-state index contributed by atoms with van der Waals surface area (Å²) in [6.45, 7) is 0. The lowest BCUT2D eigenvalue weighted by Crippen LogP contribution is -2.03. The number of pyridine rings is 1. The van der Waals surface area contributed by atoms with Crippen molar-refractivity contribution in [1.29, 1.82) is 0 Å². The van der Waals surface area contributed by atoms with Gasteiger partial charge in [-0.25, -0.2) is 4.79 Å². The molecule has 0 amide bonds. The number of rotatable bonds is 1. The molecule has 0 fully saturated rings. The van der Waals surface area contributed by atoms with Gasteiger partial charge in [0.05, 0.1) is 0 Å². The normalized spacial score (nSPS) is 9.43. The van der Waals surface area contributed by atoms with Gasteiger partial charge in [-0.1, -0.05) is 5.16 Å². The summed E-state index contributed by atoms with van der Waals surface area (Å²) in [5, 5.41) is 3.43. The predicted octanol–water partition coefficient (Wildman–Crippen LogP) is 0.140. The molecule has 0 unspecified atom stereocenters. The van der Waals surface area contributed by atoms with Crippen molar-refractivity contribution in [2.24, 2.45) is 0 Å². The van der Waals surface area contributed by atoms with Crippen LogP contribution < -0.4 is 11.3 Å². The fourth-order valence-corrected chi connectivity index (χ4v) is 0.946. The minimum Gasteiger partial charge on any atom is -0.329 e. The number of halogens is 1. The van der Waals surface area contributed by atoms with Crippen LogP contribution in [-0.2, 0) is 0 Å². The minimum absolute atomic E-state index is 0. The predicted molar refractivity (Wildman–Crippen MR) is 50.4 cm³/mol. The Kier molecular flexibility index (Phi) is 2.88. The van der Waals surface area contributed by atoms with E-state index in [-0.39, 0.29) is 23.8 Å². The van der Waals surface area contributed by atoms with Crippen LogP contribution in [0, 0.1) is 0 Å². The summed E-state index contributed by atoms with van der Waals surface area (Å²) in [4.78, 5) is 26.2. The molecule has 6 nitrogen and oxygen atoms in total. The highest BCUT2D eigenvalue weighted by atomic mass is 35.5. The summed E-state index contributed by atoms with van der Waals surface area (Å²) in [6.07, 6.45) is 1.46. The van der Waals surface area contributed by atoms with Crippen molar-refractivity contribution in [3.63, 3.8) is 0 Å². The maximum absolute atomic E-state index is 10.9. The quantitative estimate of drug-likeness (QED) is 0.708. The van der Waals surface area contributed by atoms with Gasteiger partial charge in [-0.2, -0.15) is 0 Å². The molecule has 2 N–H and O–H groups in total. The van der Waals surface area contributed by atoms with Crippen LogP contribution in [0.2, 0.25) is 0 Å². The van der Waals surface area contributed by atoms with Gasteiger partial charge in [0.2, 0.25) is 5.56 Å². The van der Waals surface area contributed by atoms with Crippen molar-refractivity contribution in [3.8, 4) is 11.4 Å². The van der Waals surface area contributed by atoms with Crippen molar-refractivity contribution in [3.05, 3.63) is 39.2 Å². The Morgan fingerprint density at radius 3 is 2.71 bits per heavy atom. The largest absolute Gasteiger partial charge is 0.439 e. The average molecular weight is 216 g/mol. The van der Waals surface area contributed by atoms with Crippen molar-refractivity contribution < 1.29 is 4.52 Å². The number of hydrogen-bond donors (Lipinski definition) is 2. The van der Waals surface area contributed by atoms with Gasteiger partial charge in [-0.05, 0) is 6.07 Å². The summed E-state index contributed by atoms with van der Waals surface area (Å²) < 4.78 is 4.29. The van der Waals surface area contributed by atoms with Crippen molar-refractivity contribution in [1.82, 2.24) is 15.1 Å². The lowest BCUT2D eigenvalue weighted by Gasteiger charge is -1.90. The first-order chi connectivity index (χ1) is 6.25. The van der Waals surface area contributed by atoms with Gasteiger partial charge in [0.1, 0.15) is 0 Å². The van der Waals surface area contributed by atoms with Gasteiger partial charge in [0, 0.05) is 17.8 Å². The van der Waals surface area contributed by atoms with E-state index in [2.05, 4.69) is 19.6 Å². The third-order valence-corrected chi connectivity index (χ3v) is 1.49. The van der Waals surface area contributed by atoms with Gasteiger partial charge in [0.25, 0.3) is 0 Å². The number of H-pyrrole nitrogens is 2. The summed E-state index contributed by atoms with van der Waals surface area (Å²) in [5.74, 6) is -0.397. The van der Waals surface area contributed by atoms with Crippen LogP contribution in [0.3, 0.4) is 0 Å². The third-order valence-electron chi connectivity index (χ3n) is 1.49. The first-order valence-corrected chi connectivity index (χ1v) is 3.51. The molecule has 0 saturated carbocycles. The van der Waals surface area contributed by atoms with Crippen LogP contribution in [0.5, 0.6) is 0 Å². The fourth-order valence-electron chi connectivity index (χ4n) is 0.946. The second-order valence-electron chi connectivity index (χ2n) is 2.39. The van der Waals surface area contributed by atoms with Crippen molar-refractivity contribution in [2.45, 2.75) is 0 Å². The fraction of sp³-hybridized carbons (Fsp3) is 0. The van der Waals surface area contributed by atoms with E-state index in [1.165, 1.54) is 12.3 Å². The molecule has 2 aromatic heterocycles. The molecule has 7 heteroatoms. The second-order valence-corrected chi connectivity index (χ2v) is 2.39. The standard InChI is InChI=1S/C7H5N3O3.ClH/c11-5-3-4(1-2-8-5)6-9-7(12)13-10-6;/h1-3H,(H,8,11)(H,9,10,12);1H. The topological polar surface area (TPSA) is 91.8 Å². The monoisotopic (exact) mass is 215 g/mol. The Hall–Kier alpha value is -1.82. The Bertz CT molecular complexity index is 527. The first kappa shape index (κ1) is 10.3. The summed E-state index contributed by atoms with van der Waals surface area (Å²) in [5.41, 5.74) is 0.246. The molecular formula is C7H6ClN3O3. The average Bonchev–Trinajstić information content (AvgIpc) is 2.52. The van der Waals surface area contributed by atoms with E-state index in [0.717, 1.165) is 0 Å². The highest BCUT2D eigenvalue weighted by Gasteiger charge is 2.03. The number of aromatic amines is 2. The maximum Gasteiger partial charge on any atom is 0.439 e. The first-order valence-electron chi connectivity index (χ1n) is 3.51. The Morgan fingerprint density at radius 1 is 1.36 bits per heavy atom. The molecule has 0 atom stereocenters. The van der Waals surface area contributed by atoms with Gasteiger partial charge in [-0.3, -0.25) is 14.3 Å². The molecule has 0 aliphatic carbocycles. The Balaban J connectivity index is 0.000000980. The molecule has 0 aliphatic heterocycles. The van der Waals surface area contributed by atoms with E-state index in [1.54, 1.807) is 6.07 Å². The van der Waals surface area contributed by atoms with Gasteiger partial charge >= 0.3 is 5.76 Å². The molecule has 74 valence electrons. The number of hydrogen-bond acceptors (Lipinski definition) is 4. The molecule has 0 saturated heterocycles. The van der Waals surface area contributed by atoms with E-state index in [0.29, 0.717) is 5.56 Å². The highest BCUT2D eigenvalue weighted by Crippen LogP contribution is 2.07. The lowest BCUT2D eigenvalue weighted by atomic mass is 10.2. The molecule has 2 rings (SSSR count). The maximum atomic E-state index is 10.9. The molecule has 0 spiro atoms. The molecule has 14 heavy (non-hydrogen) atoms. The van der Waals surface area contributed by atoms with E-state index in [1.807, 2.05) is 0 Å². The third kappa shape index (κ3) is 1.91. The summed E-state index contributed by atoms with van der Waals surface area (Å²) >= 11 is 0. The zero-order chi connectivity index (χ0) is 9.26. The van der Waals surface area contributed by atoms with Crippen molar-refractivity contribution in [2.75, 3.05) is 0 Å². The van der Waals surface area contributed by atoms with E-state index >= 15 is 0 Å². The van der Waals surface area contributed by atoms with E-state index < -0.39 is 5.76 Å². The number of nitrogens with zero attached hydrogens (tertiary/aromatic N) is 1. The lowest BCUT2D eigenvalue weighted by molar-refractivity contribution is 0.388. The van der Waals surface area contributed by atoms with Crippen molar-refractivity contribution >= 4 is 12.4 Å². The van der Waals surface area contributed by atoms with Crippen LogP contribution in [0.25, 0.3) is 11.4 Å². The smallest absolute Gasteiger partial charge is 0.329 e. The van der Waals surface area contributed by atoms with Crippen LogP contribution in [0.1, 0.15) is 0 Å². The van der Waals surface area contributed by atoms with Gasteiger partial charge < -0.3 is 4.98 Å². The summed E-state index contributed by atoms with van der Waals surface area (Å²) in [7, 11) is 0. The van der Waals surface area contributed by atoms with E-state index in [9.17, 15) is 9.59 Å².